The molecule has 1 aromatic carbocycles. The van der Waals surface area contributed by atoms with Gasteiger partial charge in [-0.1, -0.05) is 37.3 Å². The van der Waals surface area contributed by atoms with Crippen LogP contribution in [0.4, 0.5) is 4.79 Å². The van der Waals surface area contributed by atoms with E-state index in [-0.39, 0.29) is 11.3 Å². The SMILES string of the molecule is C[C@]1(c2ccccc2)C[C@H]1CN(O)C(N)=O. The average Bonchev–Trinajstić information content (AvgIpc) is 2.92. The van der Waals surface area contributed by atoms with Crippen molar-refractivity contribution >= 4 is 6.03 Å². The summed E-state index contributed by atoms with van der Waals surface area (Å²) in [5.74, 6) is 0.285. The summed E-state index contributed by atoms with van der Waals surface area (Å²) in [6.07, 6.45) is 0.974. The van der Waals surface area contributed by atoms with Gasteiger partial charge in [0.05, 0.1) is 6.54 Å². The number of primary amides is 1. The number of nitrogens with zero attached hydrogens (tertiary/aromatic N) is 1. The van der Waals surface area contributed by atoms with Crippen molar-refractivity contribution in [1.82, 2.24) is 5.06 Å². The van der Waals surface area contributed by atoms with Gasteiger partial charge in [0.2, 0.25) is 0 Å². The van der Waals surface area contributed by atoms with Crippen molar-refractivity contribution in [3.63, 3.8) is 0 Å². The topological polar surface area (TPSA) is 66.6 Å². The molecule has 0 unspecified atom stereocenters. The van der Waals surface area contributed by atoms with Gasteiger partial charge in [-0.25, -0.2) is 9.86 Å². The fourth-order valence-electron chi connectivity index (χ4n) is 2.19. The lowest BCUT2D eigenvalue weighted by Crippen LogP contribution is -2.35. The summed E-state index contributed by atoms with van der Waals surface area (Å²) in [6, 6.07) is 9.34. The highest BCUT2D eigenvalue weighted by molar-refractivity contribution is 5.70. The van der Waals surface area contributed by atoms with Gasteiger partial charge in [-0.3, -0.25) is 5.21 Å². The molecule has 0 spiro atoms. The van der Waals surface area contributed by atoms with Crippen LogP contribution in [-0.4, -0.2) is 22.8 Å². The molecule has 86 valence electrons. The molecule has 0 saturated heterocycles. The van der Waals surface area contributed by atoms with Crippen molar-refractivity contribution < 1.29 is 10.0 Å². The molecule has 0 bridgehead atoms. The van der Waals surface area contributed by atoms with Crippen LogP contribution in [0.15, 0.2) is 30.3 Å². The molecule has 0 heterocycles. The molecule has 0 aliphatic heterocycles. The summed E-state index contributed by atoms with van der Waals surface area (Å²) >= 11 is 0. The van der Waals surface area contributed by atoms with Crippen LogP contribution in [0.5, 0.6) is 0 Å². The molecule has 2 rings (SSSR count). The van der Waals surface area contributed by atoms with Crippen LogP contribution in [0.3, 0.4) is 0 Å². The molecule has 1 aliphatic carbocycles. The zero-order valence-electron chi connectivity index (χ0n) is 9.26. The van der Waals surface area contributed by atoms with Gasteiger partial charge >= 0.3 is 6.03 Å². The zero-order chi connectivity index (χ0) is 11.8. The van der Waals surface area contributed by atoms with E-state index in [1.165, 1.54) is 5.56 Å². The molecular weight excluding hydrogens is 204 g/mol. The molecule has 2 atom stereocenters. The van der Waals surface area contributed by atoms with E-state index in [2.05, 4.69) is 19.1 Å². The summed E-state index contributed by atoms with van der Waals surface area (Å²) in [7, 11) is 0. The maximum absolute atomic E-state index is 10.7. The maximum atomic E-state index is 10.7. The van der Waals surface area contributed by atoms with Crippen LogP contribution in [0.1, 0.15) is 18.9 Å². The Morgan fingerprint density at radius 3 is 2.75 bits per heavy atom. The van der Waals surface area contributed by atoms with E-state index in [1.807, 2.05) is 18.2 Å². The summed E-state index contributed by atoms with van der Waals surface area (Å²) in [4.78, 5) is 10.7. The van der Waals surface area contributed by atoms with E-state index in [4.69, 9.17) is 5.73 Å². The van der Waals surface area contributed by atoms with Crippen LogP contribution >= 0.6 is 0 Å². The van der Waals surface area contributed by atoms with Crippen LogP contribution < -0.4 is 5.73 Å². The summed E-state index contributed by atoms with van der Waals surface area (Å²) in [5, 5.41) is 9.87. The second-order valence-corrected chi connectivity index (χ2v) is 4.60. The molecule has 2 amide bonds. The third-order valence-electron chi connectivity index (χ3n) is 3.49. The van der Waals surface area contributed by atoms with Gasteiger partial charge < -0.3 is 5.73 Å². The van der Waals surface area contributed by atoms with E-state index in [0.29, 0.717) is 11.6 Å². The number of urea groups is 1. The summed E-state index contributed by atoms with van der Waals surface area (Å²) in [6.45, 7) is 2.45. The molecule has 0 radical (unpaired) electrons. The third kappa shape index (κ3) is 1.88. The average molecular weight is 220 g/mol. The van der Waals surface area contributed by atoms with Crippen molar-refractivity contribution in [3.8, 4) is 0 Å². The second kappa shape index (κ2) is 3.79. The fraction of sp³-hybridized carbons (Fsp3) is 0.417. The van der Waals surface area contributed by atoms with Crippen molar-refractivity contribution in [1.29, 1.82) is 0 Å². The number of hydrogen-bond acceptors (Lipinski definition) is 2. The highest BCUT2D eigenvalue weighted by Gasteiger charge is 2.51. The molecule has 1 aromatic rings. The Morgan fingerprint density at radius 1 is 1.56 bits per heavy atom. The minimum Gasteiger partial charge on any atom is -0.350 e. The van der Waals surface area contributed by atoms with Crippen LogP contribution in [-0.2, 0) is 5.41 Å². The van der Waals surface area contributed by atoms with E-state index in [9.17, 15) is 10.0 Å². The third-order valence-corrected chi connectivity index (χ3v) is 3.49. The Hall–Kier alpha value is -1.55. The summed E-state index contributed by atoms with van der Waals surface area (Å²) < 4.78 is 0. The molecular formula is C12H16N2O2. The molecule has 1 saturated carbocycles. The smallest absolute Gasteiger partial charge is 0.338 e. The molecule has 16 heavy (non-hydrogen) atoms. The van der Waals surface area contributed by atoms with Crippen molar-refractivity contribution in [2.24, 2.45) is 11.7 Å². The lowest BCUT2D eigenvalue weighted by atomic mass is 9.95. The molecule has 4 heteroatoms. The molecule has 4 nitrogen and oxygen atoms in total. The van der Waals surface area contributed by atoms with Gasteiger partial charge in [0.1, 0.15) is 0 Å². The molecule has 1 aliphatic rings. The van der Waals surface area contributed by atoms with Crippen molar-refractivity contribution in [2.45, 2.75) is 18.8 Å². The Balaban J connectivity index is 2.02. The minimum absolute atomic E-state index is 0.0672. The van der Waals surface area contributed by atoms with Gasteiger partial charge in [0.15, 0.2) is 0 Å². The van der Waals surface area contributed by atoms with E-state index in [1.54, 1.807) is 0 Å². The molecule has 3 N–H and O–H groups in total. The number of carbonyl (C=O) groups is 1. The quantitative estimate of drug-likeness (QED) is 0.601. The van der Waals surface area contributed by atoms with E-state index < -0.39 is 6.03 Å². The zero-order valence-corrected chi connectivity index (χ0v) is 9.26. The van der Waals surface area contributed by atoms with Crippen LogP contribution in [0, 0.1) is 5.92 Å². The van der Waals surface area contributed by atoms with Gasteiger partial charge in [-0.05, 0) is 23.3 Å². The van der Waals surface area contributed by atoms with Gasteiger partial charge in [0, 0.05) is 0 Å². The second-order valence-electron chi connectivity index (χ2n) is 4.60. The first-order valence-corrected chi connectivity index (χ1v) is 5.35. The number of benzene rings is 1. The fourth-order valence-corrected chi connectivity index (χ4v) is 2.19. The predicted molar refractivity (Wildman–Crippen MR) is 60.0 cm³/mol. The number of carbonyl (C=O) groups excluding carboxylic acids is 1. The van der Waals surface area contributed by atoms with Gasteiger partial charge in [-0.2, -0.15) is 0 Å². The first-order chi connectivity index (χ1) is 7.54. The van der Waals surface area contributed by atoms with Gasteiger partial charge in [-0.15, -0.1) is 0 Å². The van der Waals surface area contributed by atoms with E-state index >= 15 is 0 Å². The normalized spacial score (nSPS) is 27.5. The highest BCUT2D eigenvalue weighted by Crippen LogP contribution is 2.53. The maximum Gasteiger partial charge on any atom is 0.338 e. The standard InChI is InChI=1S/C12H16N2O2/c1-12(9-5-3-2-4-6-9)7-10(12)8-14(16)11(13)15/h2-6,10,16H,7-8H2,1H3,(H2,13,15)/t10-,12+/m0/s1. The predicted octanol–water partition coefficient (Wildman–Crippen LogP) is 1.73. The number of rotatable bonds is 3. The molecule has 1 fully saturated rings. The van der Waals surface area contributed by atoms with Crippen molar-refractivity contribution in [2.75, 3.05) is 6.54 Å². The number of hydrogen-bond donors (Lipinski definition) is 2. The molecule has 0 aromatic heterocycles. The first kappa shape index (κ1) is 11.0. The van der Waals surface area contributed by atoms with Gasteiger partial charge in [0.25, 0.3) is 0 Å². The monoisotopic (exact) mass is 220 g/mol. The van der Waals surface area contributed by atoms with Crippen LogP contribution in [0.25, 0.3) is 0 Å². The minimum atomic E-state index is -0.790. The first-order valence-electron chi connectivity index (χ1n) is 5.35. The summed E-state index contributed by atoms with van der Waals surface area (Å²) in [5.41, 5.74) is 6.29. The lowest BCUT2D eigenvalue weighted by Gasteiger charge is -2.15. The number of hydroxylamine groups is 2. The Labute approximate surface area is 94.6 Å². The van der Waals surface area contributed by atoms with Crippen molar-refractivity contribution in [3.05, 3.63) is 35.9 Å². The highest BCUT2D eigenvalue weighted by atomic mass is 16.5. The largest absolute Gasteiger partial charge is 0.350 e. The Kier molecular flexibility index (Phi) is 2.59. The number of nitrogens with two attached hydrogens (primary N) is 1. The number of amides is 2. The van der Waals surface area contributed by atoms with Crippen LogP contribution in [0.2, 0.25) is 0 Å². The Morgan fingerprint density at radius 2 is 2.19 bits per heavy atom. The van der Waals surface area contributed by atoms with E-state index in [0.717, 1.165) is 6.42 Å². The lowest BCUT2D eigenvalue weighted by molar-refractivity contribution is -0.0441. The Bertz CT molecular complexity index is 393.